The minimum absolute atomic E-state index is 0.160. The zero-order valence-electron chi connectivity index (χ0n) is 17.8. The number of amides is 2. The van der Waals surface area contributed by atoms with Crippen LogP contribution in [0.25, 0.3) is 11.3 Å². The van der Waals surface area contributed by atoms with Gasteiger partial charge < -0.3 is 0 Å². The Kier molecular flexibility index (Phi) is 4.85. The first kappa shape index (κ1) is 20.1. The Balaban J connectivity index is 1.65. The number of aromatic nitrogens is 1. The first-order valence-electron chi connectivity index (χ1n) is 10.2. The highest BCUT2D eigenvalue weighted by Crippen LogP contribution is 2.47. The number of thioether (sulfide) groups is 1. The van der Waals surface area contributed by atoms with E-state index in [0.29, 0.717) is 6.42 Å². The topological polar surface area (TPSA) is 59.1 Å². The van der Waals surface area contributed by atoms with Gasteiger partial charge in [-0.05, 0) is 71.4 Å². The average molecular weight is 409 g/mol. The van der Waals surface area contributed by atoms with Gasteiger partial charge in [0.15, 0.2) is 0 Å². The van der Waals surface area contributed by atoms with Gasteiger partial charge in [0, 0.05) is 11.8 Å². The number of hydrogen-bond acceptors (Lipinski definition) is 4. The third kappa shape index (κ3) is 3.73. The fourth-order valence-electron chi connectivity index (χ4n) is 4.44. The first-order valence-corrected chi connectivity index (χ1v) is 11.1. The lowest BCUT2D eigenvalue weighted by atomic mass is 9.62. The molecule has 1 aromatic heterocycles. The number of fused-ring (bicyclic) bond motifs is 1. The van der Waals surface area contributed by atoms with Crippen LogP contribution in [0.1, 0.15) is 62.8 Å². The molecule has 1 fully saturated rings. The molecular formula is C24H28N2O2S. The third-order valence-corrected chi connectivity index (χ3v) is 7.47. The van der Waals surface area contributed by atoms with Crippen LogP contribution >= 0.6 is 11.8 Å². The van der Waals surface area contributed by atoms with Gasteiger partial charge in [0.05, 0.1) is 10.9 Å². The molecule has 152 valence electrons. The molecule has 1 aromatic carbocycles. The van der Waals surface area contributed by atoms with E-state index in [9.17, 15) is 9.59 Å². The number of carbonyl (C=O) groups excluding carboxylic acids is 2. The van der Waals surface area contributed by atoms with E-state index in [4.69, 9.17) is 4.98 Å². The smallest absolute Gasteiger partial charge is 0.286 e. The van der Waals surface area contributed by atoms with Crippen molar-refractivity contribution in [3.05, 3.63) is 52.7 Å². The Labute approximate surface area is 176 Å². The number of benzene rings is 1. The fraction of sp³-hybridized carbons (Fsp3) is 0.458. The molecule has 2 aliphatic rings. The van der Waals surface area contributed by atoms with E-state index < -0.39 is 0 Å². The summed E-state index contributed by atoms with van der Waals surface area (Å²) in [5.41, 5.74) is 7.57. The molecule has 29 heavy (non-hydrogen) atoms. The Morgan fingerprint density at radius 3 is 2.28 bits per heavy atom. The fourth-order valence-corrected chi connectivity index (χ4v) is 5.30. The van der Waals surface area contributed by atoms with Crippen molar-refractivity contribution in [2.45, 2.75) is 70.0 Å². The van der Waals surface area contributed by atoms with Gasteiger partial charge >= 0.3 is 0 Å². The van der Waals surface area contributed by atoms with Crippen LogP contribution in [-0.2, 0) is 22.0 Å². The Hall–Kier alpha value is -2.14. The molecule has 0 radical (unpaired) electrons. The van der Waals surface area contributed by atoms with Gasteiger partial charge in [-0.25, -0.2) is 0 Å². The van der Waals surface area contributed by atoms with E-state index in [0.717, 1.165) is 23.0 Å². The Bertz CT molecular complexity index is 993. The summed E-state index contributed by atoms with van der Waals surface area (Å²) in [6, 6.07) is 8.75. The molecule has 1 N–H and O–H groups in total. The van der Waals surface area contributed by atoms with Crippen molar-refractivity contribution in [1.29, 1.82) is 0 Å². The summed E-state index contributed by atoms with van der Waals surface area (Å²) in [7, 11) is 0. The molecule has 2 amide bonds. The van der Waals surface area contributed by atoms with E-state index in [1.54, 1.807) is 0 Å². The number of pyridine rings is 1. The molecule has 2 aromatic rings. The molecule has 1 aliphatic heterocycles. The molecule has 1 unspecified atom stereocenters. The summed E-state index contributed by atoms with van der Waals surface area (Å²) < 4.78 is 0. The summed E-state index contributed by atoms with van der Waals surface area (Å²) in [5.74, 6) is -0.209. The minimum Gasteiger partial charge on any atom is -0.286 e. The molecule has 0 bridgehead atoms. The standard InChI is InChI=1S/C24H28N2O2S/c1-14-10-17-18(24(4,5)9-8-23(17,2)3)12-16(14)19-7-6-15(13-25-19)11-20-21(27)26-22(28)29-20/h6-7,10,12-13,20H,8-9,11H2,1-5H3,(H,26,27,28). The van der Waals surface area contributed by atoms with Crippen LogP contribution < -0.4 is 5.32 Å². The largest absolute Gasteiger partial charge is 0.286 e. The third-order valence-electron chi connectivity index (χ3n) is 6.49. The maximum absolute atomic E-state index is 11.8. The van der Waals surface area contributed by atoms with E-state index in [2.05, 4.69) is 52.1 Å². The lowest BCUT2D eigenvalue weighted by Gasteiger charge is -2.42. The van der Waals surface area contributed by atoms with Crippen molar-refractivity contribution in [3.8, 4) is 11.3 Å². The highest BCUT2D eigenvalue weighted by Gasteiger charge is 2.37. The van der Waals surface area contributed by atoms with Gasteiger partial charge in [-0.15, -0.1) is 0 Å². The predicted molar refractivity (Wildman–Crippen MR) is 118 cm³/mol. The van der Waals surface area contributed by atoms with Gasteiger partial charge in [-0.1, -0.05) is 51.6 Å². The van der Waals surface area contributed by atoms with Crippen molar-refractivity contribution in [3.63, 3.8) is 0 Å². The number of imide groups is 1. The van der Waals surface area contributed by atoms with Crippen molar-refractivity contribution < 1.29 is 9.59 Å². The lowest BCUT2D eigenvalue weighted by Crippen LogP contribution is -2.34. The quantitative estimate of drug-likeness (QED) is 0.749. The molecule has 2 heterocycles. The van der Waals surface area contributed by atoms with Crippen LogP contribution in [0.5, 0.6) is 0 Å². The zero-order valence-corrected chi connectivity index (χ0v) is 18.6. The molecule has 5 heteroatoms. The molecule has 1 saturated heterocycles. The van der Waals surface area contributed by atoms with Crippen LogP contribution in [0.3, 0.4) is 0 Å². The normalized spacial score (nSPS) is 22.3. The highest BCUT2D eigenvalue weighted by atomic mass is 32.2. The lowest BCUT2D eigenvalue weighted by molar-refractivity contribution is -0.118. The maximum Gasteiger partial charge on any atom is 0.286 e. The number of rotatable bonds is 3. The van der Waals surface area contributed by atoms with Gasteiger partial charge in [-0.2, -0.15) is 0 Å². The molecule has 4 rings (SSSR count). The second-order valence-electron chi connectivity index (χ2n) is 9.62. The number of nitrogens with one attached hydrogen (secondary N) is 1. The average Bonchev–Trinajstić information content (AvgIpc) is 2.97. The number of carbonyl (C=O) groups is 2. The van der Waals surface area contributed by atoms with Gasteiger partial charge in [0.1, 0.15) is 0 Å². The van der Waals surface area contributed by atoms with E-state index in [1.807, 2.05) is 18.3 Å². The molecule has 0 saturated carbocycles. The predicted octanol–water partition coefficient (Wildman–Crippen LogP) is 5.30. The first-order chi connectivity index (χ1) is 13.6. The van der Waals surface area contributed by atoms with Crippen molar-refractivity contribution in [1.82, 2.24) is 10.3 Å². The summed E-state index contributed by atoms with van der Waals surface area (Å²) >= 11 is 1.06. The van der Waals surface area contributed by atoms with Crippen molar-refractivity contribution in [2.24, 2.45) is 0 Å². The number of aryl methyl sites for hydroxylation is 1. The Morgan fingerprint density at radius 1 is 1.07 bits per heavy atom. The summed E-state index contributed by atoms with van der Waals surface area (Å²) in [4.78, 5) is 27.9. The second kappa shape index (κ2) is 6.98. The maximum atomic E-state index is 11.8. The molecule has 0 spiro atoms. The van der Waals surface area contributed by atoms with E-state index in [1.165, 1.54) is 35.1 Å². The molecule has 1 atom stereocenters. The van der Waals surface area contributed by atoms with Crippen LogP contribution in [0, 0.1) is 6.92 Å². The van der Waals surface area contributed by atoms with Crippen LogP contribution in [0.2, 0.25) is 0 Å². The van der Waals surface area contributed by atoms with Crippen LogP contribution in [-0.4, -0.2) is 21.4 Å². The highest BCUT2D eigenvalue weighted by molar-refractivity contribution is 8.15. The molecule has 1 aliphatic carbocycles. The van der Waals surface area contributed by atoms with E-state index >= 15 is 0 Å². The van der Waals surface area contributed by atoms with E-state index in [-0.39, 0.29) is 27.2 Å². The van der Waals surface area contributed by atoms with Crippen molar-refractivity contribution >= 4 is 22.9 Å². The zero-order chi connectivity index (χ0) is 21.0. The number of nitrogens with zero attached hydrogens (tertiary/aromatic N) is 1. The second-order valence-corrected chi connectivity index (χ2v) is 10.8. The molecule has 4 nitrogen and oxygen atoms in total. The van der Waals surface area contributed by atoms with Crippen LogP contribution in [0.15, 0.2) is 30.5 Å². The summed E-state index contributed by atoms with van der Waals surface area (Å²) in [6.07, 6.45) is 4.73. The van der Waals surface area contributed by atoms with Gasteiger partial charge in [0.25, 0.3) is 5.24 Å². The van der Waals surface area contributed by atoms with Crippen molar-refractivity contribution in [2.75, 3.05) is 0 Å². The number of hydrogen-bond donors (Lipinski definition) is 1. The SMILES string of the molecule is Cc1cc2c(cc1-c1ccc(CC3SC(=O)NC3=O)cn1)C(C)(C)CCC2(C)C. The molecular weight excluding hydrogens is 380 g/mol. The minimum atomic E-state index is -0.358. The monoisotopic (exact) mass is 408 g/mol. The van der Waals surface area contributed by atoms with Gasteiger partial charge in [-0.3, -0.25) is 19.9 Å². The Morgan fingerprint density at radius 2 is 1.72 bits per heavy atom. The van der Waals surface area contributed by atoms with Crippen LogP contribution in [0.4, 0.5) is 4.79 Å². The summed E-state index contributed by atoms with van der Waals surface area (Å²) in [6.45, 7) is 11.5. The summed E-state index contributed by atoms with van der Waals surface area (Å²) in [5, 5.41) is 1.72. The van der Waals surface area contributed by atoms with Gasteiger partial charge in [0.2, 0.25) is 5.91 Å².